The Bertz CT molecular complexity index is 1580. The summed E-state index contributed by atoms with van der Waals surface area (Å²) in [5.74, 6) is 0. The fraction of sp³-hybridized carbons (Fsp3) is 0.263. The average molecular weight is 690 g/mol. The van der Waals surface area contributed by atoms with Gasteiger partial charge in [0.2, 0.25) is 0 Å². The Hall–Kier alpha value is -3.28. The van der Waals surface area contributed by atoms with Crippen LogP contribution in [0.5, 0.6) is 0 Å². The van der Waals surface area contributed by atoms with E-state index in [1.165, 1.54) is 0 Å². The van der Waals surface area contributed by atoms with Gasteiger partial charge in [0.1, 0.15) is 0 Å². The number of benzene rings is 4. The lowest BCUT2D eigenvalue weighted by atomic mass is 9.32. The van der Waals surface area contributed by atoms with Crippen LogP contribution in [0.2, 0.25) is 0 Å². The van der Waals surface area contributed by atoms with Crippen LogP contribution in [0, 0.1) is 0 Å². The van der Waals surface area contributed by atoms with Gasteiger partial charge in [0.15, 0.2) is 0 Å². The van der Waals surface area contributed by atoms with E-state index in [0.717, 1.165) is 60.8 Å². The molecule has 0 saturated heterocycles. The maximum atomic E-state index is 12.0. The molecule has 0 aliphatic heterocycles. The van der Waals surface area contributed by atoms with Crippen LogP contribution < -0.4 is 0 Å². The lowest BCUT2D eigenvalue weighted by Gasteiger charge is -2.71. The first-order valence-electron chi connectivity index (χ1n) is 15.1. The Balaban J connectivity index is 1.48. The molecule has 8 heteroatoms. The van der Waals surface area contributed by atoms with Crippen molar-refractivity contribution < 1.29 is 19.2 Å². The van der Waals surface area contributed by atoms with Gasteiger partial charge in [-0.25, -0.2) is 0 Å². The molecule has 8 rings (SSSR count). The van der Waals surface area contributed by atoms with Gasteiger partial charge in [0, 0.05) is 22.3 Å². The number of carbonyl (C=O) groups is 4. The van der Waals surface area contributed by atoms with Crippen molar-refractivity contribution in [3.63, 3.8) is 0 Å². The van der Waals surface area contributed by atoms with Crippen molar-refractivity contribution in [1.82, 2.24) is 0 Å². The Labute approximate surface area is 287 Å². The number of rotatable bonds is 8. The fourth-order valence-electron chi connectivity index (χ4n) is 9.68. The van der Waals surface area contributed by atoms with Gasteiger partial charge >= 0.3 is 0 Å². The summed E-state index contributed by atoms with van der Waals surface area (Å²) < 4.78 is 0. The van der Waals surface area contributed by atoms with E-state index in [4.69, 9.17) is 46.4 Å². The van der Waals surface area contributed by atoms with E-state index in [1.807, 2.05) is 48.5 Å². The van der Waals surface area contributed by atoms with Gasteiger partial charge in [-0.3, -0.25) is 19.2 Å². The molecule has 0 spiro atoms. The molecule has 46 heavy (non-hydrogen) atoms. The highest BCUT2D eigenvalue weighted by atomic mass is 35.5. The van der Waals surface area contributed by atoms with Gasteiger partial charge in [0.05, 0.1) is 0 Å². The molecule has 0 radical (unpaired) electrons. The molecule has 232 valence electrons. The molecule has 4 aliphatic rings. The summed E-state index contributed by atoms with van der Waals surface area (Å²) in [6.45, 7) is 0. The third-order valence-corrected chi connectivity index (χ3v) is 11.8. The van der Waals surface area contributed by atoms with Crippen molar-refractivity contribution in [3.05, 3.63) is 142 Å². The largest absolute Gasteiger partial charge is 0.276 e. The predicted molar refractivity (Wildman–Crippen MR) is 181 cm³/mol. The van der Waals surface area contributed by atoms with E-state index >= 15 is 0 Å². The molecule has 4 aliphatic carbocycles. The summed E-state index contributed by atoms with van der Waals surface area (Å²) in [5.41, 5.74) is 5.12. The number of hydrogen-bond donors (Lipinski definition) is 0. The highest BCUT2D eigenvalue weighted by Crippen LogP contribution is 2.74. The second-order valence-corrected chi connectivity index (χ2v) is 15.0. The first-order chi connectivity index (χ1) is 21.9. The highest BCUT2D eigenvalue weighted by Gasteiger charge is 2.69. The van der Waals surface area contributed by atoms with Crippen molar-refractivity contribution in [3.8, 4) is 0 Å². The van der Waals surface area contributed by atoms with Crippen LogP contribution in [0.1, 0.15) is 102 Å². The molecule has 4 saturated carbocycles. The van der Waals surface area contributed by atoms with Crippen LogP contribution in [0.15, 0.2) is 97.1 Å². The monoisotopic (exact) mass is 688 g/mol. The van der Waals surface area contributed by atoms with E-state index in [1.54, 1.807) is 48.5 Å². The quantitative estimate of drug-likeness (QED) is 0.173. The zero-order valence-corrected chi connectivity index (χ0v) is 27.6. The Morgan fingerprint density at radius 3 is 0.609 bits per heavy atom. The summed E-state index contributed by atoms with van der Waals surface area (Å²) in [7, 11) is 0. The summed E-state index contributed by atoms with van der Waals surface area (Å²) in [6.07, 6.45) is 5.18. The van der Waals surface area contributed by atoms with Gasteiger partial charge in [-0.05, 0) is 177 Å². The second kappa shape index (κ2) is 11.2. The standard InChI is InChI=1S/C38H28Cl4O4/c39-31(43)23-1-9-27(10-2-23)35-17-36(28-11-3-24(4-12-28)32(40)44)20-37(18-35,29-13-5-25(6-14-29)33(41)45)22-38(19-35,21-36)30-15-7-26(8-16-30)34(42)46/h1-16H,17-22H2. The van der Waals surface area contributed by atoms with Crippen LogP contribution >= 0.6 is 46.4 Å². The van der Waals surface area contributed by atoms with Crippen LogP contribution in [-0.2, 0) is 21.7 Å². The average Bonchev–Trinajstić information content (AvgIpc) is 3.04. The van der Waals surface area contributed by atoms with Crippen LogP contribution in [0.3, 0.4) is 0 Å². The minimum Gasteiger partial charge on any atom is -0.276 e. The number of halogens is 4. The van der Waals surface area contributed by atoms with Gasteiger partial charge in [-0.1, -0.05) is 48.5 Å². The predicted octanol–water partition coefficient (Wildman–Crippen LogP) is 9.64. The molecule has 4 bridgehead atoms. The molecule has 0 amide bonds. The van der Waals surface area contributed by atoms with Crippen molar-refractivity contribution in [2.75, 3.05) is 0 Å². The first kappa shape index (κ1) is 31.3. The number of carbonyl (C=O) groups excluding carboxylic acids is 4. The normalized spacial score (nSPS) is 27.7. The molecule has 4 nitrogen and oxygen atoms in total. The molecule has 0 unspecified atom stereocenters. The molecule has 4 aromatic carbocycles. The molecule has 0 N–H and O–H groups in total. The lowest BCUT2D eigenvalue weighted by molar-refractivity contribution is -0.0692. The van der Waals surface area contributed by atoms with Crippen LogP contribution in [-0.4, -0.2) is 21.0 Å². The SMILES string of the molecule is O=C(Cl)c1ccc(C23CC4(c5ccc(C(=O)Cl)cc5)CC(c5ccc(C(=O)Cl)cc5)(C2)CC(c2ccc(C(=O)Cl)cc2)(C3)C4)cc1. The Morgan fingerprint density at radius 2 is 0.478 bits per heavy atom. The van der Waals surface area contributed by atoms with Crippen LogP contribution in [0.4, 0.5) is 0 Å². The van der Waals surface area contributed by atoms with Crippen molar-refractivity contribution >= 4 is 67.4 Å². The molecule has 0 atom stereocenters. The Kier molecular flexibility index (Phi) is 7.60. The van der Waals surface area contributed by atoms with Gasteiger partial charge < -0.3 is 0 Å². The summed E-state index contributed by atoms with van der Waals surface area (Å²) >= 11 is 23.4. The smallest absolute Gasteiger partial charge is 0.252 e. The second-order valence-electron chi connectivity index (χ2n) is 13.6. The number of hydrogen-bond acceptors (Lipinski definition) is 4. The zero-order valence-electron chi connectivity index (χ0n) is 24.6. The third kappa shape index (κ3) is 5.06. The minimum atomic E-state index is -0.502. The molecule has 4 fully saturated rings. The molecular weight excluding hydrogens is 662 g/mol. The fourth-order valence-corrected chi connectivity index (χ4v) is 10.2. The summed E-state index contributed by atoms with van der Waals surface area (Å²) in [6, 6.07) is 30.7. The maximum absolute atomic E-state index is 12.0. The van der Waals surface area contributed by atoms with E-state index in [0.29, 0.717) is 22.3 Å². The Morgan fingerprint density at radius 1 is 0.326 bits per heavy atom. The summed E-state index contributed by atoms with van der Waals surface area (Å²) in [5, 5.41) is -2.01. The third-order valence-electron chi connectivity index (χ3n) is 11.0. The van der Waals surface area contributed by atoms with E-state index in [9.17, 15) is 19.2 Å². The molecule has 0 aromatic heterocycles. The summed E-state index contributed by atoms with van der Waals surface area (Å²) in [4.78, 5) is 48.0. The van der Waals surface area contributed by atoms with E-state index < -0.39 is 21.0 Å². The molecule has 4 aromatic rings. The van der Waals surface area contributed by atoms with Gasteiger partial charge in [0.25, 0.3) is 21.0 Å². The zero-order chi connectivity index (χ0) is 32.5. The lowest BCUT2D eigenvalue weighted by Crippen LogP contribution is -2.67. The van der Waals surface area contributed by atoms with Gasteiger partial charge in [-0.2, -0.15) is 0 Å². The highest BCUT2D eigenvalue weighted by molar-refractivity contribution is 6.68. The van der Waals surface area contributed by atoms with Gasteiger partial charge in [-0.15, -0.1) is 0 Å². The maximum Gasteiger partial charge on any atom is 0.252 e. The van der Waals surface area contributed by atoms with E-state index in [2.05, 4.69) is 0 Å². The van der Waals surface area contributed by atoms with Crippen LogP contribution in [0.25, 0.3) is 0 Å². The first-order valence-corrected chi connectivity index (χ1v) is 16.6. The molecular formula is C38H28Cl4O4. The minimum absolute atomic E-state index is 0.300. The van der Waals surface area contributed by atoms with Crippen molar-refractivity contribution in [2.45, 2.75) is 60.2 Å². The van der Waals surface area contributed by atoms with E-state index in [-0.39, 0.29) is 21.7 Å². The van der Waals surface area contributed by atoms with Crippen molar-refractivity contribution in [1.29, 1.82) is 0 Å². The molecule has 0 heterocycles. The van der Waals surface area contributed by atoms with Crippen molar-refractivity contribution in [2.24, 2.45) is 0 Å². The topological polar surface area (TPSA) is 68.3 Å².